The van der Waals surface area contributed by atoms with Gasteiger partial charge in [-0.1, -0.05) is 50.4 Å². The second kappa shape index (κ2) is 48.4. The molecular formula is C52H69Br2N15O15S. The zero-order valence-corrected chi connectivity index (χ0v) is 50.8. The average molecular weight is 1340 g/mol. The van der Waals surface area contributed by atoms with Gasteiger partial charge in [-0.3, -0.25) is 4.18 Å². The van der Waals surface area contributed by atoms with Crippen molar-refractivity contribution >= 4 is 53.0 Å². The molecule has 0 aliphatic rings. The second-order valence-corrected chi connectivity index (χ2v) is 19.2. The number of aryl methyl sites for hydroxylation is 1. The lowest BCUT2D eigenvalue weighted by molar-refractivity contribution is 0.0105. The number of rotatable bonds is 41. The number of fused-ring (bicyclic) bond motifs is 1. The molecule has 0 aliphatic carbocycles. The molecule has 0 radical (unpaired) electrons. The van der Waals surface area contributed by atoms with Gasteiger partial charge in [0.1, 0.15) is 27.9 Å². The molecule has 0 atom stereocenters. The smallest absolute Gasteiger partial charge is 0.297 e. The number of hydrogen-bond acceptors (Lipinski definition) is 23. The molecule has 30 nitrogen and oxygen atoms in total. The molecule has 462 valence electrons. The molecule has 0 fully saturated rings. The predicted octanol–water partition coefficient (Wildman–Crippen LogP) is 8.75. The van der Waals surface area contributed by atoms with Crippen LogP contribution in [-0.4, -0.2) is 202 Å². The van der Waals surface area contributed by atoms with Crippen molar-refractivity contribution in [3.63, 3.8) is 0 Å². The van der Waals surface area contributed by atoms with E-state index in [2.05, 4.69) is 87.2 Å². The van der Waals surface area contributed by atoms with E-state index in [-0.39, 0.29) is 23.9 Å². The van der Waals surface area contributed by atoms with E-state index < -0.39 is 10.1 Å². The SMILES string of the molecule is Cc1ccc(S(=O)(=O)OCCOCCOCCOCCN=[N+]=[N-])cc1.Oc1cccnc1-n1nnc2ccccc21.[N-]=[N+]=NCCOCCOCCOCCOc1cccnc1Br.[N-]=[N+]=NCCOCCOCCOCCOc1cccnc1Br. The molecule has 6 rings (SSSR count). The van der Waals surface area contributed by atoms with Crippen molar-refractivity contribution in [2.45, 2.75) is 11.8 Å². The summed E-state index contributed by atoms with van der Waals surface area (Å²) in [6.45, 7) is 11.4. The third-order valence-electron chi connectivity index (χ3n) is 9.94. The Morgan fingerprint density at radius 1 is 0.494 bits per heavy atom. The van der Waals surface area contributed by atoms with E-state index in [1.807, 2.05) is 55.5 Å². The lowest BCUT2D eigenvalue weighted by atomic mass is 10.2. The summed E-state index contributed by atoms with van der Waals surface area (Å²) in [5.41, 5.74) is 26.7. The van der Waals surface area contributed by atoms with Crippen LogP contribution in [-0.2, 0) is 56.9 Å². The van der Waals surface area contributed by atoms with Gasteiger partial charge in [0.2, 0.25) is 0 Å². The van der Waals surface area contributed by atoms with Gasteiger partial charge in [-0.05, 0) is 116 Å². The minimum atomic E-state index is -3.75. The molecule has 0 amide bonds. The Hall–Kier alpha value is -6.87. The number of para-hydroxylation sites is 1. The number of pyridine rings is 3. The summed E-state index contributed by atoms with van der Waals surface area (Å²) < 4.78 is 89.9. The van der Waals surface area contributed by atoms with E-state index in [4.69, 9.17) is 72.9 Å². The van der Waals surface area contributed by atoms with E-state index in [0.29, 0.717) is 172 Å². The molecule has 0 saturated heterocycles. The molecule has 2 aromatic carbocycles. The second-order valence-electron chi connectivity index (χ2n) is 16.1. The highest BCUT2D eigenvalue weighted by Gasteiger charge is 2.15. The number of halogens is 2. The fraction of sp³-hybridized carbons (Fsp3) is 0.481. The molecule has 0 saturated carbocycles. The van der Waals surface area contributed by atoms with Crippen LogP contribution in [0.3, 0.4) is 0 Å². The van der Waals surface area contributed by atoms with Crippen LogP contribution >= 0.6 is 31.9 Å². The largest absolute Gasteiger partial charge is 0.504 e. The van der Waals surface area contributed by atoms with Crippen molar-refractivity contribution in [3.8, 4) is 23.1 Å². The van der Waals surface area contributed by atoms with Crippen molar-refractivity contribution in [1.82, 2.24) is 29.9 Å². The summed E-state index contributed by atoms with van der Waals surface area (Å²) in [6.07, 6.45) is 4.97. The quantitative estimate of drug-likeness (QED) is 0.00935. The van der Waals surface area contributed by atoms with Gasteiger partial charge in [0.15, 0.2) is 23.1 Å². The summed E-state index contributed by atoms with van der Waals surface area (Å²) in [7, 11) is -3.75. The zero-order valence-electron chi connectivity index (χ0n) is 46.8. The summed E-state index contributed by atoms with van der Waals surface area (Å²) >= 11 is 6.60. The maximum Gasteiger partial charge on any atom is 0.297 e. The maximum atomic E-state index is 11.9. The Labute approximate surface area is 508 Å². The molecule has 0 spiro atoms. The van der Waals surface area contributed by atoms with Crippen molar-refractivity contribution in [3.05, 3.63) is 150 Å². The standard InChI is InChI=1S/C15H23N3O6S.2C13H19BrN4O4.C11H8N4O/c1-14-2-4-15(5-3-14)25(19,20)24-13-12-23-11-10-22-9-8-21-7-6-17-18-16;2*14-13-12(2-1-3-16-13)22-11-10-21-9-8-20-7-6-19-5-4-17-18-15;16-10-6-3-7-12-11(10)15-9-5-2-1-4-8(9)13-14-15/h2-5H,6-13H2,1H3;2*1-3H,4-11H2;1-7,16H. The molecule has 0 aliphatic heterocycles. The monoisotopic (exact) mass is 1330 g/mol. The number of ether oxygens (including phenoxy) is 11. The molecule has 4 heterocycles. The predicted molar refractivity (Wildman–Crippen MR) is 317 cm³/mol. The van der Waals surface area contributed by atoms with Crippen LogP contribution in [0.5, 0.6) is 17.2 Å². The molecule has 4 aromatic heterocycles. The van der Waals surface area contributed by atoms with Gasteiger partial charge in [-0.15, -0.1) is 5.10 Å². The van der Waals surface area contributed by atoms with E-state index >= 15 is 0 Å². The first kappa shape index (κ1) is 72.4. The van der Waals surface area contributed by atoms with Crippen molar-refractivity contribution in [2.75, 3.05) is 158 Å². The highest BCUT2D eigenvalue weighted by molar-refractivity contribution is 9.10. The van der Waals surface area contributed by atoms with Gasteiger partial charge >= 0.3 is 0 Å². The Morgan fingerprint density at radius 2 is 0.882 bits per heavy atom. The van der Waals surface area contributed by atoms with Gasteiger partial charge < -0.3 is 57.2 Å². The first-order valence-corrected chi connectivity index (χ1v) is 29.2. The number of aromatic nitrogens is 6. The van der Waals surface area contributed by atoms with Gasteiger partial charge in [-0.25, -0.2) is 15.0 Å². The minimum absolute atomic E-state index is 0.0568. The van der Waals surface area contributed by atoms with Gasteiger partial charge in [-0.2, -0.15) is 13.1 Å². The van der Waals surface area contributed by atoms with Crippen molar-refractivity contribution in [2.24, 2.45) is 15.3 Å². The van der Waals surface area contributed by atoms with Crippen LogP contribution in [0.15, 0.2) is 133 Å². The molecule has 85 heavy (non-hydrogen) atoms. The van der Waals surface area contributed by atoms with Gasteiger partial charge in [0, 0.05) is 53.0 Å². The third-order valence-corrected chi connectivity index (χ3v) is 12.5. The summed E-state index contributed by atoms with van der Waals surface area (Å²) in [4.78, 5) is 20.2. The highest BCUT2D eigenvalue weighted by atomic mass is 79.9. The van der Waals surface area contributed by atoms with Crippen LogP contribution in [0.4, 0.5) is 0 Å². The van der Waals surface area contributed by atoms with E-state index in [9.17, 15) is 13.5 Å². The van der Waals surface area contributed by atoms with E-state index in [1.165, 1.54) is 16.8 Å². The lowest BCUT2D eigenvalue weighted by Gasteiger charge is -2.08. The van der Waals surface area contributed by atoms with Gasteiger partial charge in [0.05, 0.1) is 136 Å². The summed E-state index contributed by atoms with van der Waals surface area (Å²) in [6, 6.07) is 24.5. The number of benzene rings is 2. The van der Waals surface area contributed by atoms with Crippen LogP contribution < -0.4 is 9.47 Å². The normalized spacial score (nSPS) is 10.6. The fourth-order valence-electron chi connectivity index (χ4n) is 6.01. The molecule has 0 unspecified atom stereocenters. The Morgan fingerprint density at radius 3 is 1.31 bits per heavy atom. The van der Waals surface area contributed by atoms with E-state index in [1.54, 1.807) is 42.9 Å². The highest BCUT2D eigenvalue weighted by Crippen LogP contribution is 2.23. The topological polar surface area (TPSA) is 381 Å². The summed E-state index contributed by atoms with van der Waals surface area (Å²) in [5, 5.41) is 27.7. The minimum Gasteiger partial charge on any atom is -0.504 e. The van der Waals surface area contributed by atoms with E-state index in [0.717, 1.165) is 16.6 Å². The van der Waals surface area contributed by atoms with Crippen LogP contribution in [0, 0.1) is 6.92 Å². The van der Waals surface area contributed by atoms with Crippen molar-refractivity contribution in [1.29, 1.82) is 0 Å². The van der Waals surface area contributed by atoms with Crippen LogP contribution in [0.2, 0.25) is 0 Å². The maximum absolute atomic E-state index is 11.9. The van der Waals surface area contributed by atoms with Crippen LogP contribution in [0.1, 0.15) is 5.56 Å². The number of nitrogens with zero attached hydrogens (tertiary/aromatic N) is 15. The zero-order chi connectivity index (χ0) is 61.1. The fourth-order valence-corrected chi connectivity index (χ4v) is 7.63. The number of azide groups is 3. The van der Waals surface area contributed by atoms with Crippen LogP contribution in [0.25, 0.3) is 48.2 Å². The first-order chi connectivity index (χ1) is 41.6. The van der Waals surface area contributed by atoms with Crippen molar-refractivity contribution < 1.29 is 69.8 Å². The Kier molecular flexibility index (Phi) is 41.2. The molecule has 0 bridgehead atoms. The Bertz CT molecular complexity index is 2900. The van der Waals surface area contributed by atoms with Gasteiger partial charge in [0.25, 0.3) is 10.1 Å². The molecular weight excluding hydrogens is 1270 g/mol. The molecule has 33 heteroatoms. The third kappa shape index (κ3) is 34.6. The molecule has 1 N–H and O–H groups in total. The average Bonchev–Trinajstić information content (AvgIpc) is 3.08. The number of hydrogen-bond donors (Lipinski definition) is 1. The molecule has 6 aromatic rings. The first-order valence-electron chi connectivity index (χ1n) is 26.2. The number of aromatic hydroxyl groups is 1. The lowest BCUT2D eigenvalue weighted by Crippen LogP contribution is -2.14. The Balaban J connectivity index is 0.000000299. The summed E-state index contributed by atoms with van der Waals surface area (Å²) in [5.74, 6) is 1.86.